The normalized spacial score (nSPS) is 38.4. The average molecular weight is 210 g/mol. The molecule has 0 atom stereocenters. The Bertz CT molecular complexity index is 189. The summed E-state index contributed by atoms with van der Waals surface area (Å²) in [6.45, 7) is 7.19. The Morgan fingerprint density at radius 2 is 1.80 bits per heavy atom. The van der Waals surface area contributed by atoms with Crippen molar-refractivity contribution in [2.45, 2.75) is 45.4 Å². The van der Waals surface area contributed by atoms with Gasteiger partial charge in [0.1, 0.15) is 0 Å². The zero-order valence-electron chi connectivity index (χ0n) is 10.2. The van der Waals surface area contributed by atoms with E-state index in [1.165, 1.54) is 58.2 Å². The Morgan fingerprint density at radius 1 is 1.20 bits per heavy atom. The highest BCUT2D eigenvalue weighted by Crippen LogP contribution is 2.39. The fourth-order valence-corrected chi connectivity index (χ4v) is 3.22. The second-order valence-corrected chi connectivity index (χ2v) is 5.87. The quantitative estimate of drug-likeness (QED) is 0.774. The van der Waals surface area contributed by atoms with E-state index in [0.29, 0.717) is 5.41 Å². The summed E-state index contributed by atoms with van der Waals surface area (Å²) in [4.78, 5) is 2.64. The Morgan fingerprint density at radius 3 is 2.33 bits per heavy atom. The highest BCUT2D eigenvalue weighted by atomic mass is 15.1. The van der Waals surface area contributed by atoms with Crippen LogP contribution in [0.15, 0.2) is 0 Å². The zero-order chi connectivity index (χ0) is 10.7. The maximum absolute atomic E-state index is 6.04. The summed E-state index contributed by atoms with van der Waals surface area (Å²) >= 11 is 0. The molecule has 2 N–H and O–H groups in total. The number of rotatable bonds is 3. The van der Waals surface area contributed by atoms with Crippen molar-refractivity contribution in [3.05, 3.63) is 0 Å². The maximum Gasteiger partial charge on any atom is 0.00501 e. The molecule has 1 aliphatic carbocycles. The third kappa shape index (κ3) is 2.73. The van der Waals surface area contributed by atoms with Crippen molar-refractivity contribution < 1.29 is 0 Å². The first-order valence-electron chi connectivity index (χ1n) is 6.66. The SMILES string of the molecule is CC1CCC(CN)(CN2CCCC2)CC1. The van der Waals surface area contributed by atoms with Crippen molar-refractivity contribution >= 4 is 0 Å². The van der Waals surface area contributed by atoms with Crippen LogP contribution < -0.4 is 5.73 Å². The van der Waals surface area contributed by atoms with E-state index in [9.17, 15) is 0 Å². The van der Waals surface area contributed by atoms with Crippen molar-refractivity contribution in [3.63, 3.8) is 0 Å². The van der Waals surface area contributed by atoms with E-state index in [1.807, 2.05) is 0 Å². The molecule has 2 fully saturated rings. The van der Waals surface area contributed by atoms with Crippen LogP contribution >= 0.6 is 0 Å². The van der Waals surface area contributed by atoms with Crippen LogP contribution in [0, 0.1) is 11.3 Å². The average Bonchev–Trinajstić information content (AvgIpc) is 2.75. The molecule has 1 saturated heterocycles. The number of hydrogen-bond donors (Lipinski definition) is 1. The minimum atomic E-state index is 0.469. The van der Waals surface area contributed by atoms with Crippen molar-refractivity contribution in [1.29, 1.82) is 0 Å². The van der Waals surface area contributed by atoms with E-state index < -0.39 is 0 Å². The van der Waals surface area contributed by atoms with Gasteiger partial charge in [-0.25, -0.2) is 0 Å². The van der Waals surface area contributed by atoms with Gasteiger partial charge in [0.25, 0.3) is 0 Å². The Hall–Kier alpha value is -0.0800. The predicted molar refractivity (Wildman–Crippen MR) is 64.8 cm³/mol. The van der Waals surface area contributed by atoms with Gasteiger partial charge < -0.3 is 10.6 Å². The van der Waals surface area contributed by atoms with Crippen molar-refractivity contribution in [2.24, 2.45) is 17.1 Å². The van der Waals surface area contributed by atoms with Crippen LogP contribution in [0.25, 0.3) is 0 Å². The van der Waals surface area contributed by atoms with E-state index in [0.717, 1.165) is 12.5 Å². The molecular weight excluding hydrogens is 184 g/mol. The first kappa shape index (κ1) is 11.4. The van der Waals surface area contributed by atoms with Crippen LogP contribution in [0.2, 0.25) is 0 Å². The molecule has 0 aromatic rings. The van der Waals surface area contributed by atoms with Crippen LogP contribution in [0.3, 0.4) is 0 Å². The van der Waals surface area contributed by atoms with Gasteiger partial charge in [0.2, 0.25) is 0 Å². The second kappa shape index (κ2) is 4.84. The number of likely N-dealkylation sites (tertiary alicyclic amines) is 1. The molecule has 1 aliphatic heterocycles. The first-order chi connectivity index (χ1) is 7.24. The van der Waals surface area contributed by atoms with Gasteiger partial charge in [-0.1, -0.05) is 19.8 Å². The summed E-state index contributed by atoms with van der Waals surface area (Å²) < 4.78 is 0. The lowest BCUT2D eigenvalue weighted by Gasteiger charge is -2.41. The third-order valence-electron chi connectivity index (χ3n) is 4.53. The van der Waals surface area contributed by atoms with Gasteiger partial charge in [0.15, 0.2) is 0 Å². The molecule has 15 heavy (non-hydrogen) atoms. The lowest BCUT2D eigenvalue weighted by molar-refractivity contribution is 0.108. The minimum absolute atomic E-state index is 0.469. The Kier molecular flexibility index (Phi) is 3.68. The van der Waals surface area contributed by atoms with E-state index >= 15 is 0 Å². The van der Waals surface area contributed by atoms with Gasteiger partial charge in [-0.15, -0.1) is 0 Å². The smallest absolute Gasteiger partial charge is 0.00501 e. The molecule has 2 rings (SSSR count). The maximum atomic E-state index is 6.04. The van der Waals surface area contributed by atoms with Gasteiger partial charge >= 0.3 is 0 Å². The van der Waals surface area contributed by atoms with Crippen molar-refractivity contribution in [2.75, 3.05) is 26.2 Å². The lowest BCUT2D eigenvalue weighted by Crippen LogP contribution is -2.43. The van der Waals surface area contributed by atoms with Crippen LogP contribution in [-0.2, 0) is 0 Å². The van der Waals surface area contributed by atoms with Gasteiger partial charge in [-0.3, -0.25) is 0 Å². The van der Waals surface area contributed by atoms with Crippen LogP contribution in [-0.4, -0.2) is 31.1 Å². The fourth-order valence-electron chi connectivity index (χ4n) is 3.22. The number of hydrogen-bond acceptors (Lipinski definition) is 2. The monoisotopic (exact) mass is 210 g/mol. The standard InChI is InChI=1S/C13H26N2/c1-12-4-6-13(10-14,7-5-12)11-15-8-2-3-9-15/h12H,2-11,14H2,1H3. The summed E-state index contributed by atoms with van der Waals surface area (Å²) in [6, 6.07) is 0. The van der Waals surface area contributed by atoms with Crippen molar-refractivity contribution in [1.82, 2.24) is 4.90 Å². The molecule has 0 spiro atoms. The number of nitrogens with two attached hydrogens (primary N) is 1. The Balaban J connectivity index is 1.89. The molecule has 2 heteroatoms. The molecule has 0 radical (unpaired) electrons. The topological polar surface area (TPSA) is 29.3 Å². The second-order valence-electron chi connectivity index (χ2n) is 5.87. The predicted octanol–water partition coefficient (Wildman–Crippen LogP) is 2.24. The van der Waals surface area contributed by atoms with Crippen LogP contribution in [0.1, 0.15) is 45.4 Å². The summed E-state index contributed by atoms with van der Waals surface area (Å²) in [5, 5.41) is 0. The largest absolute Gasteiger partial charge is 0.330 e. The third-order valence-corrected chi connectivity index (χ3v) is 4.53. The molecule has 1 heterocycles. The molecular formula is C13H26N2. The lowest BCUT2D eigenvalue weighted by atomic mass is 9.70. The van der Waals surface area contributed by atoms with E-state index in [1.54, 1.807) is 0 Å². The molecule has 0 aromatic carbocycles. The van der Waals surface area contributed by atoms with Crippen LogP contribution in [0.5, 0.6) is 0 Å². The summed E-state index contributed by atoms with van der Waals surface area (Å²) in [5.41, 5.74) is 6.50. The van der Waals surface area contributed by atoms with E-state index in [-0.39, 0.29) is 0 Å². The summed E-state index contributed by atoms with van der Waals surface area (Å²) in [6.07, 6.45) is 8.31. The molecule has 0 aromatic heterocycles. The zero-order valence-corrected chi connectivity index (χ0v) is 10.2. The molecule has 1 saturated carbocycles. The van der Waals surface area contributed by atoms with Gasteiger partial charge in [-0.2, -0.15) is 0 Å². The highest BCUT2D eigenvalue weighted by Gasteiger charge is 2.34. The molecule has 2 nitrogen and oxygen atoms in total. The summed E-state index contributed by atoms with van der Waals surface area (Å²) in [5.74, 6) is 0.934. The van der Waals surface area contributed by atoms with Gasteiger partial charge in [0.05, 0.1) is 0 Å². The highest BCUT2D eigenvalue weighted by molar-refractivity contribution is 4.89. The van der Waals surface area contributed by atoms with Crippen LogP contribution in [0.4, 0.5) is 0 Å². The van der Waals surface area contributed by atoms with Gasteiger partial charge in [0, 0.05) is 6.54 Å². The van der Waals surface area contributed by atoms with Gasteiger partial charge in [-0.05, 0) is 56.7 Å². The molecule has 0 bridgehead atoms. The molecule has 88 valence electrons. The van der Waals surface area contributed by atoms with E-state index in [2.05, 4.69) is 11.8 Å². The fraction of sp³-hybridized carbons (Fsp3) is 1.00. The molecule has 0 unspecified atom stereocenters. The Labute approximate surface area is 94.2 Å². The minimum Gasteiger partial charge on any atom is -0.330 e. The number of nitrogens with zero attached hydrogens (tertiary/aromatic N) is 1. The summed E-state index contributed by atoms with van der Waals surface area (Å²) in [7, 11) is 0. The first-order valence-corrected chi connectivity index (χ1v) is 6.66. The molecule has 0 amide bonds. The van der Waals surface area contributed by atoms with E-state index in [4.69, 9.17) is 5.73 Å². The van der Waals surface area contributed by atoms with Crippen molar-refractivity contribution in [3.8, 4) is 0 Å². The molecule has 2 aliphatic rings.